The molecule has 1 aliphatic heterocycles. The minimum absolute atomic E-state index is 0.293. The van der Waals surface area contributed by atoms with Crippen molar-refractivity contribution in [1.82, 2.24) is 29.5 Å². The molecule has 0 spiro atoms. The predicted molar refractivity (Wildman–Crippen MR) is 106 cm³/mol. The van der Waals surface area contributed by atoms with Gasteiger partial charge in [0.1, 0.15) is 0 Å². The van der Waals surface area contributed by atoms with E-state index in [-0.39, 0.29) is 0 Å². The maximum atomic E-state index is 5.63. The summed E-state index contributed by atoms with van der Waals surface area (Å²) < 4.78 is 9.59. The van der Waals surface area contributed by atoms with Gasteiger partial charge in [0, 0.05) is 56.4 Å². The standard InChI is InChI=1S/C20H23N7O/c1-13-16-12-15(4-5-17(16)26(3)23-13)18-22-19(28-24-18)14-6-9-27(10-7-14)20-21-8-11-25(20)2/h4-5,8,11-12,14H,6-7,9-10H2,1-3H3. The maximum Gasteiger partial charge on any atom is 0.230 e. The summed E-state index contributed by atoms with van der Waals surface area (Å²) in [6, 6.07) is 6.18. The second-order valence-electron chi connectivity index (χ2n) is 7.50. The van der Waals surface area contributed by atoms with Crippen LogP contribution in [-0.2, 0) is 14.1 Å². The van der Waals surface area contributed by atoms with Crippen LogP contribution >= 0.6 is 0 Å². The molecule has 0 unspecified atom stereocenters. The summed E-state index contributed by atoms with van der Waals surface area (Å²) in [5.41, 5.74) is 3.07. The third-order valence-electron chi connectivity index (χ3n) is 5.66. The van der Waals surface area contributed by atoms with E-state index in [1.165, 1.54) is 0 Å². The van der Waals surface area contributed by atoms with Gasteiger partial charge in [-0.15, -0.1) is 0 Å². The highest BCUT2D eigenvalue weighted by molar-refractivity contribution is 5.85. The quantitative estimate of drug-likeness (QED) is 0.546. The number of anilines is 1. The molecule has 8 nitrogen and oxygen atoms in total. The van der Waals surface area contributed by atoms with E-state index < -0.39 is 0 Å². The van der Waals surface area contributed by atoms with Crippen molar-refractivity contribution in [3.05, 3.63) is 42.2 Å². The van der Waals surface area contributed by atoms with Crippen molar-refractivity contribution in [2.45, 2.75) is 25.7 Å². The highest BCUT2D eigenvalue weighted by Gasteiger charge is 2.27. The zero-order chi connectivity index (χ0) is 19.3. The molecule has 0 N–H and O–H groups in total. The first-order valence-corrected chi connectivity index (χ1v) is 9.60. The molecule has 4 heterocycles. The Balaban J connectivity index is 1.34. The second kappa shape index (κ2) is 6.47. The van der Waals surface area contributed by atoms with Crippen LogP contribution in [-0.4, -0.2) is 42.6 Å². The van der Waals surface area contributed by atoms with E-state index in [9.17, 15) is 0 Å². The number of aryl methyl sites for hydroxylation is 3. The van der Waals surface area contributed by atoms with Crippen LogP contribution in [0.4, 0.5) is 5.95 Å². The Morgan fingerprint density at radius 2 is 1.96 bits per heavy atom. The molecule has 3 aromatic heterocycles. The Morgan fingerprint density at radius 1 is 1.14 bits per heavy atom. The molecule has 0 bridgehead atoms. The number of rotatable bonds is 3. The summed E-state index contributed by atoms with van der Waals surface area (Å²) in [5.74, 6) is 2.69. The first kappa shape index (κ1) is 17.0. The Morgan fingerprint density at radius 3 is 2.71 bits per heavy atom. The third kappa shape index (κ3) is 2.76. The molecular formula is C20H23N7O. The van der Waals surface area contributed by atoms with Gasteiger partial charge >= 0.3 is 0 Å². The Bertz CT molecular complexity index is 1130. The average Bonchev–Trinajstić information content (AvgIpc) is 3.42. The summed E-state index contributed by atoms with van der Waals surface area (Å²) in [5, 5.41) is 9.84. The molecule has 4 aromatic rings. The molecule has 28 heavy (non-hydrogen) atoms. The molecule has 8 heteroatoms. The zero-order valence-corrected chi connectivity index (χ0v) is 16.3. The number of benzene rings is 1. The minimum atomic E-state index is 0.293. The Kier molecular flexibility index (Phi) is 3.92. The van der Waals surface area contributed by atoms with E-state index in [1.807, 2.05) is 44.2 Å². The summed E-state index contributed by atoms with van der Waals surface area (Å²) >= 11 is 0. The number of imidazole rings is 1. The van der Waals surface area contributed by atoms with Crippen molar-refractivity contribution < 1.29 is 4.52 Å². The van der Waals surface area contributed by atoms with Crippen LogP contribution in [0.2, 0.25) is 0 Å². The molecule has 0 saturated carbocycles. The summed E-state index contributed by atoms with van der Waals surface area (Å²) in [6.45, 7) is 3.89. The molecule has 1 aliphatic rings. The Hall–Kier alpha value is -3.16. The van der Waals surface area contributed by atoms with Crippen LogP contribution in [0.3, 0.4) is 0 Å². The number of nitrogens with zero attached hydrogens (tertiary/aromatic N) is 7. The number of fused-ring (bicyclic) bond motifs is 1. The lowest BCUT2D eigenvalue weighted by atomic mass is 9.97. The fourth-order valence-corrected chi connectivity index (χ4v) is 4.09. The lowest BCUT2D eigenvalue weighted by molar-refractivity contribution is 0.328. The van der Waals surface area contributed by atoms with Crippen molar-refractivity contribution in [2.75, 3.05) is 18.0 Å². The van der Waals surface area contributed by atoms with Gasteiger partial charge in [-0.3, -0.25) is 4.68 Å². The van der Waals surface area contributed by atoms with Crippen LogP contribution in [0.25, 0.3) is 22.3 Å². The molecule has 1 saturated heterocycles. The molecule has 5 rings (SSSR count). The third-order valence-corrected chi connectivity index (χ3v) is 5.66. The fraction of sp³-hybridized carbons (Fsp3) is 0.400. The number of hydrogen-bond acceptors (Lipinski definition) is 6. The monoisotopic (exact) mass is 377 g/mol. The van der Waals surface area contributed by atoms with Crippen LogP contribution in [0.15, 0.2) is 35.1 Å². The molecule has 0 amide bonds. The molecule has 0 radical (unpaired) electrons. The van der Waals surface area contributed by atoms with Gasteiger partial charge in [0.25, 0.3) is 0 Å². The van der Waals surface area contributed by atoms with E-state index in [1.54, 1.807) is 0 Å². The maximum absolute atomic E-state index is 5.63. The van der Waals surface area contributed by atoms with Crippen LogP contribution in [0.5, 0.6) is 0 Å². The van der Waals surface area contributed by atoms with Crippen molar-refractivity contribution in [3.8, 4) is 11.4 Å². The number of hydrogen-bond donors (Lipinski definition) is 0. The SMILES string of the molecule is Cc1nn(C)c2ccc(-c3noc(C4CCN(c5nccn5C)CC4)n3)cc12. The highest BCUT2D eigenvalue weighted by atomic mass is 16.5. The lowest BCUT2D eigenvalue weighted by Gasteiger charge is -2.31. The topological polar surface area (TPSA) is 77.8 Å². The lowest BCUT2D eigenvalue weighted by Crippen LogP contribution is -2.34. The van der Waals surface area contributed by atoms with E-state index in [2.05, 4.69) is 36.8 Å². The van der Waals surface area contributed by atoms with Gasteiger partial charge in [0.15, 0.2) is 0 Å². The highest BCUT2D eigenvalue weighted by Crippen LogP contribution is 2.31. The molecule has 144 valence electrons. The number of aromatic nitrogens is 6. The molecule has 0 atom stereocenters. The van der Waals surface area contributed by atoms with Crippen LogP contribution < -0.4 is 4.90 Å². The first-order chi connectivity index (χ1) is 13.6. The van der Waals surface area contributed by atoms with Gasteiger partial charge in [-0.05, 0) is 38.0 Å². The van der Waals surface area contributed by atoms with E-state index in [0.717, 1.165) is 59.9 Å². The van der Waals surface area contributed by atoms with Gasteiger partial charge in [0.2, 0.25) is 17.7 Å². The largest absolute Gasteiger partial charge is 0.342 e. The van der Waals surface area contributed by atoms with Gasteiger partial charge in [-0.25, -0.2) is 4.98 Å². The first-order valence-electron chi connectivity index (χ1n) is 9.60. The van der Waals surface area contributed by atoms with Crippen molar-refractivity contribution in [2.24, 2.45) is 14.1 Å². The molecule has 1 fully saturated rings. The van der Waals surface area contributed by atoms with E-state index in [0.29, 0.717) is 11.7 Å². The van der Waals surface area contributed by atoms with Crippen molar-refractivity contribution >= 4 is 16.9 Å². The fourth-order valence-electron chi connectivity index (χ4n) is 4.09. The molecular weight excluding hydrogens is 354 g/mol. The van der Waals surface area contributed by atoms with Gasteiger partial charge in [0.05, 0.1) is 11.2 Å². The van der Waals surface area contributed by atoms with Crippen molar-refractivity contribution in [1.29, 1.82) is 0 Å². The van der Waals surface area contributed by atoms with Gasteiger partial charge in [-0.2, -0.15) is 10.1 Å². The van der Waals surface area contributed by atoms with E-state index in [4.69, 9.17) is 9.51 Å². The summed E-state index contributed by atoms with van der Waals surface area (Å²) in [7, 11) is 3.98. The Labute approximate surface area is 162 Å². The second-order valence-corrected chi connectivity index (χ2v) is 7.50. The minimum Gasteiger partial charge on any atom is -0.342 e. The predicted octanol–water partition coefficient (Wildman–Crippen LogP) is 3.05. The van der Waals surface area contributed by atoms with Gasteiger partial charge < -0.3 is 14.0 Å². The normalized spacial score (nSPS) is 15.6. The van der Waals surface area contributed by atoms with Crippen molar-refractivity contribution in [3.63, 3.8) is 0 Å². The van der Waals surface area contributed by atoms with Crippen LogP contribution in [0, 0.1) is 6.92 Å². The summed E-state index contributed by atoms with van der Waals surface area (Å²) in [4.78, 5) is 11.5. The van der Waals surface area contributed by atoms with Crippen LogP contribution in [0.1, 0.15) is 30.3 Å². The molecule has 1 aromatic carbocycles. The van der Waals surface area contributed by atoms with E-state index >= 15 is 0 Å². The summed E-state index contributed by atoms with van der Waals surface area (Å²) in [6.07, 6.45) is 5.78. The number of piperidine rings is 1. The molecule has 0 aliphatic carbocycles. The smallest absolute Gasteiger partial charge is 0.230 e. The zero-order valence-electron chi connectivity index (χ0n) is 16.3. The average molecular weight is 377 g/mol. The van der Waals surface area contributed by atoms with Gasteiger partial charge in [-0.1, -0.05) is 5.16 Å².